The van der Waals surface area contributed by atoms with Crippen molar-refractivity contribution in [3.63, 3.8) is 0 Å². The number of anilines is 2. The van der Waals surface area contributed by atoms with Gasteiger partial charge in [0.2, 0.25) is 0 Å². The first-order valence-electron chi connectivity index (χ1n) is 8.97. The number of imidazole rings is 1. The van der Waals surface area contributed by atoms with Crippen molar-refractivity contribution in [1.82, 2.24) is 14.5 Å². The molecule has 154 valence electrons. The maximum Gasteiger partial charge on any atom is 0.187 e. The molecule has 7 nitrogen and oxygen atoms in total. The molecule has 0 atom stereocenters. The summed E-state index contributed by atoms with van der Waals surface area (Å²) in [6, 6.07) is 7.53. The Morgan fingerprint density at radius 3 is 2.73 bits per heavy atom. The Hall–Kier alpha value is -3.52. The van der Waals surface area contributed by atoms with E-state index in [4.69, 9.17) is 21.1 Å². The Morgan fingerprint density at radius 1 is 1.17 bits per heavy atom. The van der Waals surface area contributed by atoms with E-state index in [2.05, 4.69) is 15.3 Å². The molecule has 0 aliphatic heterocycles. The summed E-state index contributed by atoms with van der Waals surface area (Å²) in [6.45, 7) is 0.262. The van der Waals surface area contributed by atoms with Gasteiger partial charge >= 0.3 is 0 Å². The predicted molar refractivity (Wildman–Crippen MR) is 112 cm³/mol. The van der Waals surface area contributed by atoms with Crippen molar-refractivity contribution in [2.24, 2.45) is 7.05 Å². The summed E-state index contributed by atoms with van der Waals surface area (Å²) in [7, 11) is 3.41. The second-order valence-corrected chi connectivity index (χ2v) is 6.91. The molecule has 0 radical (unpaired) electrons. The Balaban J connectivity index is 1.70. The minimum absolute atomic E-state index is 0.0613. The number of aromatic hydroxyl groups is 1. The normalized spacial score (nSPS) is 10.9. The van der Waals surface area contributed by atoms with E-state index >= 15 is 0 Å². The largest absolute Gasteiger partial charge is 0.506 e. The number of hydrogen-bond acceptors (Lipinski definition) is 6. The van der Waals surface area contributed by atoms with E-state index in [-0.39, 0.29) is 23.1 Å². The number of methoxy groups -OCH3 is 1. The molecule has 9 heteroatoms. The van der Waals surface area contributed by atoms with Gasteiger partial charge in [0.15, 0.2) is 11.5 Å². The number of rotatable bonds is 6. The van der Waals surface area contributed by atoms with Gasteiger partial charge in [-0.1, -0.05) is 11.6 Å². The van der Waals surface area contributed by atoms with E-state index in [1.54, 1.807) is 30.6 Å². The van der Waals surface area contributed by atoms with E-state index in [0.717, 1.165) is 11.9 Å². The zero-order valence-corrected chi connectivity index (χ0v) is 16.9. The highest BCUT2D eigenvalue weighted by Crippen LogP contribution is 2.39. The summed E-state index contributed by atoms with van der Waals surface area (Å²) >= 11 is 5.75. The van der Waals surface area contributed by atoms with Crippen LogP contribution in [0.1, 0.15) is 5.82 Å². The van der Waals surface area contributed by atoms with Crippen LogP contribution in [0, 0.1) is 5.82 Å². The molecule has 2 heterocycles. The molecule has 0 saturated carbocycles. The number of aryl methyl sites for hydroxylation is 1. The molecule has 4 rings (SSSR count). The fraction of sp³-hybridized carbons (Fsp3) is 0.143. The second kappa shape index (κ2) is 8.08. The van der Waals surface area contributed by atoms with Crippen LogP contribution < -0.4 is 14.8 Å². The number of hydrogen-bond donors (Lipinski definition) is 2. The van der Waals surface area contributed by atoms with Crippen molar-refractivity contribution in [2.45, 2.75) is 6.61 Å². The molecule has 0 aliphatic carbocycles. The van der Waals surface area contributed by atoms with Gasteiger partial charge in [0, 0.05) is 42.8 Å². The molecule has 0 saturated heterocycles. The Labute approximate surface area is 176 Å². The van der Waals surface area contributed by atoms with E-state index in [9.17, 15) is 9.50 Å². The lowest BCUT2D eigenvalue weighted by molar-refractivity contribution is 0.274. The standard InChI is InChI=1S/C21H18ClFN4O3/c1-27-8-7-24-19(27)11-30-18-4-3-12-15(5-6-25-20(12)21(18)29-2)26-16-10-17(28)13(22)9-14(16)23/h3-10,28H,11H2,1-2H3,(H,25,26). The molecule has 0 bridgehead atoms. The van der Waals surface area contributed by atoms with Crippen molar-refractivity contribution in [2.75, 3.05) is 12.4 Å². The van der Waals surface area contributed by atoms with E-state index in [1.807, 2.05) is 17.8 Å². The third-order valence-corrected chi connectivity index (χ3v) is 4.92. The van der Waals surface area contributed by atoms with Crippen LogP contribution in [-0.2, 0) is 13.7 Å². The van der Waals surface area contributed by atoms with Gasteiger partial charge in [0.25, 0.3) is 0 Å². The SMILES string of the molecule is COc1c(OCc2nccn2C)ccc2c(Nc3cc(O)c(Cl)cc3F)ccnc12. The summed E-state index contributed by atoms with van der Waals surface area (Å²) in [5.74, 6) is 0.905. The average Bonchev–Trinajstić information content (AvgIpc) is 3.14. The van der Waals surface area contributed by atoms with Crippen molar-refractivity contribution in [1.29, 1.82) is 0 Å². The number of ether oxygens (including phenoxy) is 2. The molecule has 0 amide bonds. The number of phenolic OH excluding ortho intramolecular Hbond substituents is 1. The summed E-state index contributed by atoms with van der Waals surface area (Å²) < 4.78 is 27.6. The number of pyridine rings is 1. The third-order valence-electron chi connectivity index (χ3n) is 4.62. The molecule has 0 fully saturated rings. The highest BCUT2D eigenvalue weighted by atomic mass is 35.5. The van der Waals surface area contributed by atoms with Gasteiger partial charge in [0.1, 0.15) is 29.5 Å². The van der Waals surface area contributed by atoms with Crippen LogP contribution in [0.4, 0.5) is 15.8 Å². The number of nitrogens with zero attached hydrogens (tertiary/aromatic N) is 3. The highest BCUT2D eigenvalue weighted by molar-refractivity contribution is 6.32. The van der Waals surface area contributed by atoms with Crippen molar-refractivity contribution in [3.05, 3.63) is 65.6 Å². The number of fused-ring (bicyclic) bond motifs is 1. The molecule has 30 heavy (non-hydrogen) atoms. The maximum atomic E-state index is 14.3. The maximum absolute atomic E-state index is 14.3. The zero-order valence-electron chi connectivity index (χ0n) is 16.2. The Bertz CT molecular complexity index is 1230. The van der Waals surface area contributed by atoms with Crippen LogP contribution in [0.15, 0.2) is 48.9 Å². The number of halogens is 2. The first-order valence-corrected chi connectivity index (χ1v) is 9.35. The predicted octanol–water partition coefficient (Wildman–Crippen LogP) is 4.80. The van der Waals surface area contributed by atoms with Crippen LogP contribution in [-0.4, -0.2) is 26.8 Å². The smallest absolute Gasteiger partial charge is 0.187 e. The Kier molecular flexibility index (Phi) is 5.33. The molecule has 0 unspecified atom stereocenters. The van der Waals surface area contributed by atoms with Gasteiger partial charge in [0.05, 0.1) is 17.8 Å². The van der Waals surface area contributed by atoms with E-state index in [1.165, 1.54) is 13.2 Å². The molecule has 0 aliphatic rings. The third kappa shape index (κ3) is 3.69. The van der Waals surface area contributed by atoms with Crippen LogP contribution in [0.3, 0.4) is 0 Å². The van der Waals surface area contributed by atoms with Crippen molar-refractivity contribution < 1.29 is 19.0 Å². The molecule has 2 aromatic carbocycles. The first kappa shape index (κ1) is 19.8. The van der Waals surface area contributed by atoms with Crippen LogP contribution in [0.5, 0.6) is 17.2 Å². The summed E-state index contributed by atoms with van der Waals surface area (Å²) in [5.41, 5.74) is 1.20. The average molecular weight is 429 g/mol. The van der Waals surface area contributed by atoms with Crippen molar-refractivity contribution >= 4 is 33.9 Å². The van der Waals surface area contributed by atoms with Gasteiger partial charge in [-0.05, 0) is 24.3 Å². The minimum Gasteiger partial charge on any atom is -0.506 e. The fourth-order valence-electron chi connectivity index (χ4n) is 3.05. The lowest BCUT2D eigenvalue weighted by atomic mass is 10.1. The summed E-state index contributed by atoms with van der Waals surface area (Å²) in [4.78, 5) is 8.64. The monoisotopic (exact) mass is 428 g/mol. The lowest BCUT2D eigenvalue weighted by Crippen LogP contribution is -2.04. The van der Waals surface area contributed by atoms with Crippen LogP contribution >= 0.6 is 11.6 Å². The van der Waals surface area contributed by atoms with Crippen LogP contribution in [0.25, 0.3) is 10.9 Å². The van der Waals surface area contributed by atoms with Crippen LogP contribution in [0.2, 0.25) is 5.02 Å². The molecule has 2 aromatic heterocycles. The van der Waals surface area contributed by atoms with Gasteiger partial charge in [-0.3, -0.25) is 4.98 Å². The Morgan fingerprint density at radius 2 is 2.00 bits per heavy atom. The van der Waals surface area contributed by atoms with Gasteiger partial charge in [-0.25, -0.2) is 9.37 Å². The number of nitrogens with one attached hydrogen (secondary N) is 1. The van der Waals surface area contributed by atoms with Gasteiger partial charge in [-0.15, -0.1) is 0 Å². The highest BCUT2D eigenvalue weighted by Gasteiger charge is 2.16. The second-order valence-electron chi connectivity index (χ2n) is 6.50. The molecular formula is C21H18ClFN4O3. The van der Waals surface area contributed by atoms with Gasteiger partial charge < -0.3 is 24.5 Å². The molecule has 2 N–H and O–H groups in total. The molecular weight excluding hydrogens is 411 g/mol. The minimum atomic E-state index is -0.593. The van der Waals surface area contributed by atoms with Crippen molar-refractivity contribution in [3.8, 4) is 17.2 Å². The summed E-state index contributed by atoms with van der Waals surface area (Å²) in [6.07, 6.45) is 5.11. The zero-order chi connectivity index (χ0) is 21.3. The molecule has 0 spiro atoms. The number of benzene rings is 2. The number of phenols is 1. The van der Waals surface area contributed by atoms with E-state index in [0.29, 0.717) is 28.1 Å². The summed E-state index contributed by atoms with van der Waals surface area (Å²) in [5, 5.41) is 13.4. The van der Waals surface area contributed by atoms with Gasteiger partial charge in [-0.2, -0.15) is 0 Å². The van der Waals surface area contributed by atoms with E-state index < -0.39 is 5.82 Å². The quantitative estimate of drug-likeness (QED) is 0.459. The molecule has 4 aromatic rings. The fourth-order valence-corrected chi connectivity index (χ4v) is 3.20. The number of aromatic nitrogens is 3. The first-order chi connectivity index (χ1) is 14.5. The lowest BCUT2D eigenvalue weighted by Gasteiger charge is -2.15. The topological polar surface area (TPSA) is 81.4 Å².